The summed E-state index contributed by atoms with van der Waals surface area (Å²) in [5, 5.41) is 0. The van der Waals surface area contributed by atoms with Crippen molar-refractivity contribution in [3.8, 4) is 0 Å². The van der Waals surface area contributed by atoms with E-state index >= 15 is 0 Å². The molecule has 0 fully saturated rings. The summed E-state index contributed by atoms with van der Waals surface area (Å²) in [5.74, 6) is -0.909. The Morgan fingerprint density at radius 1 is 0.256 bits per heavy atom. The normalized spacial score (nSPS) is 13.0. The van der Waals surface area contributed by atoms with Gasteiger partial charge in [-0.15, -0.1) is 0 Å². The number of unbranched alkanes of at least 4 members (excludes halogenated alkanes) is 28. The quantitative estimate of drug-likeness (QED) is 0.0261. The first-order valence-corrected chi connectivity index (χ1v) is 34.2. The lowest BCUT2D eigenvalue weighted by Crippen LogP contribution is -2.30. The van der Waals surface area contributed by atoms with Crippen molar-refractivity contribution in [2.45, 2.75) is 316 Å². The Morgan fingerprint density at radius 2 is 0.476 bits per heavy atom. The Hall–Kier alpha value is -4.45. The van der Waals surface area contributed by atoms with Crippen LogP contribution >= 0.6 is 0 Å². The average molecular weight is 1140 g/mol. The van der Waals surface area contributed by atoms with E-state index < -0.39 is 6.10 Å². The van der Waals surface area contributed by atoms with Crippen molar-refractivity contribution in [2.75, 3.05) is 13.2 Å². The van der Waals surface area contributed by atoms with Crippen LogP contribution in [0.5, 0.6) is 0 Å². The highest BCUT2D eigenvalue weighted by atomic mass is 16.6. The molecule has 466 valence electrons. The second-order valence-corrected chi connectivity index (χ2v) is 22.3. The maximum Gasteiger partial charge on any atom is 0.306 e. The number of hydrogen-bond acceptors (Lipinski definition) is 6. The molecule has 6 heteroatoms. The van der Waals surface area contributed by atoms with Gasteiger partial charge in [0.15, 0.2) is 6.10 Å². The minimum Gasteiger partial charge on any atom is -0.462 e. The van der Waals surface area contributed by atoms with Gasteiger partial charge in [0.25, 0.3) is 0 Å². The standard InChI is InChI=1S/C76H126O6/c1-4-7-10-13-16-19-22-25-28-31-32-33-34-35-36-37-38-39-40-41-42-43-44-46-48-51-54-57-60-63-66-69-75(78)81-72-73(71-80-74(77)68-65-62-59-56-53-50-47-30-27-24-21-18-15-12-9-6-3)82-76(79)70-67-64-61-58-55-52-49-45-29-26-23-20-17-14-11-8-5-2/h7-8,10-11,16-17,19-21,24-26,28-30,32-33,35-36,38-39,47,73H,4-6,9,12-15,18,22-23,27,31,34,37,40-46,48-72H2,1-3H3/b10-7-,11-8-,19-16-,20-17-,24-21-,28-25-,29-26-,33-32-,36-35-,39-38-,47-30-. The van der Waals surface area contributed by atoms with Crippen LogP contribution < -0.4 is 0 Å². The van der Waals surface area contributed by atoms with E-state index in [0.717, 1.165) is 148 Å². The summed E-state index contributed by atoms with van der Waals surface area (Å²) in [6.45, 7) is 6.40. The first-order chi connectivity index (χ1) is 40.5. The lowest BCUT2D eigenvalue weighted by Gasteiger charge is -2.18. The zero-order chi connectivity index (χ0) is 59.2. The summed E-state index contributed by atoms with van der Waals surface area (Å²) in [5.41, 5.74) is 0. The first-order valence-electron chi connectivity index (χ1n) is 34.2. The van der Waals surface area contributed by atoms with Crippen molar-refractivity contribution in [1.82, 2.24) is 0 Å². The summed E-state index contributed by atoms with van der Waals surface area (Å²) in [6, 6.07) is 0. The maximum absolute atomic E-state index is 12.9. The summed E-state index contributed by atoms with van der Waals surface area (Å²) < 4.78 is 16.9. The van der Waals surface area contributed by atoms with E-state index in [4.69, 9.17) is 14.2 Å². The largest absolute Gasteiger partial charge is 0.462 e. The summed E-state index contributed by atoms with van der Waals surface area (Å²) in [4.78, 5) is 38.4. The molecule has 0 spiro atoms. The number of esters is 3. The van der Waals surface area contributed by atoms with Gasteiger partial charge >= 0.3 is 17.9 Å². The molecule has 1 unspecified atom stereocenters. The van der Waals surface area contributed by atoms with Crippen LogP contribution in [0, 0.1) is 0 Å². The van der Waals surface area contributed by atoms with Gasteiger partial charge in [-0.25, -0.2) is 0 Å². The molecule has 0 amide bonds. The zero-order valence-corrected chi connectivity index (χ0v) is 53.5. The van der Waals surface area contributed by atoms with Crippen molar-refractivity contribution in [2.24, 2.45) is 0 Å². The smallest absolute Gasteiger partial charge is 0.306 e. The third kappa shape index (κ3) is 66.4. The van der Waals surface area contributed by atoms with Gasteiger partial charge in [0, 0.05) is 19.3 Å². The Balaban J connectivity index is 4.31. The molecule has 1 atom stereocenters. The molecule has 82 heavy (non-hydrogen) atoms. The van der Waals surface area contributed by atoms with Crippen LogP contribution in [-0.4, -0.2) is 37.2 Å². The topological polar surface area (TPSA) is 78.9 Å². The Morgan fingerprint density at radius 3 is 0.744 bits per heavy atom. The molecule has 0 saturated carbocycles. The SMILES string of the molecule is CC/C=C\C/C=C\C/C=C\C/C=C\C/C=C\C/C=C\CCCCCCCCCCCCCCC(=O)OCC(COC(=O)CCCCCCC/C=C\C/C=C\CCCCCC)OC(=O)CCCCCCCCC/C=C\C/C=C\C/C=C\CC. The average Bonchev–Trinajstić information content (AvgIpc) is 3.48. The molecule has 0 radical (unpaired) electrons. The molecular weight excluding hydrogens is 1010 g/mol. The minimum absolute atomic E-state index is 0.0896. The second-order valence-electron chi connectivity index (χ2n) is 22.3. The third-order valence-electron chi connectivity index (χ3n) is 14.4. The van der Waals surface area contributed by atoms with Crippen LogP contribution in [-0.2, 0) is 28.6 Å². The van der Waals surface area contributed by atoms with E-state index in [9.17, 15) is 14.4 Å². The van der Waals surface area contributed by atoms with E-state index in [1.54, 1.807) is 0 Å². The molecule has 0 aliphatic carbocycles. The molecule has 0 bridgehead atoms. The predicted molar refractivity (Wildman–Crippen MR) is 357 cm³/mol. The predicted octanol–water partition coefficient (Wildman–Crippen LogP) is 23.7. The molecular formula is C76H126O6. The van der Waals surface area contributed by atoms with Gasteiger partial charge in [0.2, 0.25) is 0 Å². The van der Waals surface area contributed by atoms with Crippen LogP contribution in [0.2, 0.25) is 0 Å². The lowest BCUT2D eigenvalue weighted by atomic mass is 10.0. The van der Waals surface area contributed by atoms with Crippen LogP contribution in [0.4, 0.5) is 0 Å². The van der Waals surface area contributed by atoms with Gasteiger partial charge in [-0.1, -0.05) is 289 Å². The molecule has 0 heterocycles. The Labute approximate surface area is 506 Å². The van der Waals surface area contributed by atoms with Gasteiger partial charge in [0.05, 0.1) is 0 Å². The van der Waals surface area contributed by atoms with Gasteiger partial charge < -0.3 is 14.2 Å². The fraction of sp³-hybridized carbons (Fsp3) is 0.671. The van der Waals surface area contributed by atoms with Gasteiger partial charge in [-0.3, -0.25) is 14.4 Å². The maximum atomic E-state index is 12.9. The number of rotatable bonds is 61. The highest BCUT2D eigenvalue weighted by molar-refractivity contribution is 5.71. The number of hydrogen-bond donors (Lipinski definition) is 0. The van der Waals surface area contributed by atoms with Crippen molar-refractivity contribution in [3.63, 3.8) is 0 Å². The van der Waals surface area contributed by atoms with Crippen molar-refractivity contribution in [1.29, 1.82) is 0 Å². The van der Waals surface area contributed by atoms with Crippen molar-refractivity contribution >= 4 is 17.9 Å². The van der Waals surface area contributed by atoms with E-state index in [-0.39, 0.29) is 31.1 Å². The summed E-state index contributed by atoms with van der Waals surface area (Å²) >= 11 is 0. The Bertz CT molecular complexity index is 1730. The van der Waals surface area contributed by atoms with Crippen molar-refractivity contribution in [3.05, 3.63) is 134 Å². The van der Waals surface area contributed by atoms with E-state index in [0.29, 0.717) is 19.3 Å². The Kier molecular flexibility index (Phi) is 65.3. The monoisotopic (exact) mass is 1130 g/mol. The minimum atomic E-state index is -0.795. The van der Waals surface area contributed by atoms with Gasteiger partial charge in [-0.2, -0.15) is 0 Å². The van der Waals surface area contributed by atoms with Crippen LogP contribution in [0.15, 0.2) is 134 Å². The van der Waals surface area contributed by atoms with Crippen molar-refractivity contribution < 1.29 is 28.6 Å². The van der Waals surface area contributed by atoms with E-state index in [1.165, 1.54) is 122 Å². The highest BCUT2D eigenvalue weighted by Crippen LogP contribution is 2.16. The second kappa shape index (κ2) is 69.0. The number of allylic oxidation sites excluding steroid dienone is 22. The summed E-state index contributed by atoms with van der Waals surface area (Å²) in [7, 11) is 0. The molecule has 0 aromatic carbocycles. The summed E-state index contributed by atoms with van der Waals surface area (Å²) in [6.07, 6.45) is 97.5. The molecule has 6 nitrogen and oxygen atoms in total. The molecule has 0 aromatic rings. The van der Waals surface area contributed by atoms with Gasteiger partial charge in [-0.05, 0) is 135 Å². The number of carbonyl (C=O) groups is 3. The van der Waals surface area contributed by atoms with E-state index in [1.807, 2.05) is 0 Å². The fourth-order valence-corrected chi connectivity index (χ4v) is 9.32. The number of ether oxygens (including phenoxy) is 3. The number of carbonyl (C=O) groups excluding carboxylic acids is 3. The van der Waals surface area contributed by atoms with E-state index in [2.05, 4.69) is 154 Å². The molecule has 0 rings (SSSR count). The van der Waals surface area contributed by atoms with Gasteiger partial charge in [0.1, 0.15) is 13.2 Å². The third-order valence-corrected chi connectivity index (χ3v) is 14.4. The van der Waals surface area contributed by atoms with Crippen LogP contribution in [0.3, 0.4) is 0 Å². The first kappa shape index (κ1) is 77.5. The molecule has 0 saturated heterocycles. The highest BCUT2D eigenvalue weighted by Gasteiger charge is 2.19. The molecule has 0 aromatic heterocycles. The molecule has 0 aliphatic rings. The van der Waals surface area contributed by atoms with Crippen LogP contribution in [0.1, 0.15) is 310 Å². The molecule has 0 aliphatic heterocycles. The lowest BCUT2D eigenvalue weighted by molar-refractivity contribution is -0.167. The zero-order valence-electron chi connectivity index (χ0n) is 53.5. The van der Waals surface area contributed by atoms with Crippen LogP contribution in [0.25, 0.3) is 0 Å². The fourth-order valence-electron chi connectivity index (χ4n) is 9.32. The molecule has 0 N–H and O–H groups in total.